The van der Waals surface area contributed by atoms with E-state index in [1.807, 2.05) is 31.2 Å². The van der Waals surface area contributed by atoms with Crippen LogP contribution in [0.3, 0.4) is 0 Å². The molecular weight excluding hydrogens is 329 g/mol. The summed E-state index contributed by atoms with van der Waals surface area (Å²) in [4.78, 5) is 0. The molecule has 2 aromatic carbocycles. The van der Waals surface area contributed by atoms with Gasteiger partial charge in [-0.15, -0.1) is 0 Å². The molecule has 110 valence electrons. The van der Waals surface area contributed by atoms with E-state index in [0.29, 0.717) is 23.2 Å². The summed E-state index contributed by atoms with van der Waals surface area (Å²) in [7, 11) is 0. The molecule has 0 unspecified atom stereocenters. The minimum Gasteiger partial charge on any atom is -0.493 e. The summed E-state index contributed by atoms with van der Waals surface area (Å²) in [6.07, 6.45) is 0.903. The monoisotopic (exact) mass is 341 g/mol. The number of hydrogen-bond donors (Lipinski definition) is 1. The summed E-state index contributed by atoms with van der Waals surface area (Å²) in [6.45, 7) is 3.22. The summed E-state index contributed by atoms with van der Waals surface area (Å²) >= 11 is 18.5. The highest BCUT2D eigenvalue weighted by molar-refractivity contribution is 6.35. The van der Waals surface area contributed by atoms with Crippen LogP contribution in [-0.2, 0) is 13.0 Å². The van der Waals surface area contributed by atoms with Crippen LogP contribution < -0.4 is 10.1 Å². The summed E-state index contributed by atoms with van der Waals surface area (Å²) < 4.78 is 5.69. The van der Waals surface area contributed by atoms with E-state index in [4.69, 9.17) is 39.5 Å². The molecule has 0 radical (unpaired) electrons. The maximum atomic E-state index is 6.24. The van der Waals surface area contributed by atoms with Gasteiger partial charge >= 0.3 is 0 Å². The first kappa shape index (κ1) is 14.8. The molecule has 0 bridgehead atoms. The first-order valence-electron chi connectivity index (χ1n) is 6.68. The quantitative estimate of drug-likeness (QED) is 0.795. The Kier molecular flexibility index (Phi) is 4.21. The van der Waals surface area contributed by atoms with Crippen molar-refractivity contribution < 1.29 is 4.74 Å². The third-order valence-electron chi connectivity index (χ3n) is 3.54. The molecule has 0 aliphatic carbocycles. The lowest BCUT2D eigenvalue weighted by molar-refractivity contribution is 0.354. The van der Waals surface area contributed by atoms with Gasteiger partial charge < -0.3 is 10.1 Å². The molecule has 0 fully saturated rings. The van der Waals surface area contributed by atoms with Crippen molar-refractivity contribution in [2.24, 2.45) is 0 Å². The second kappa shape index (κ2) is 5.96. The Labute approximate surface area is 139 Å². The van der Waals surface area contributed by atoms with Gasteiger partial charge in [0.15, 0.2) is 0 Å². The lowest BCUT2D eigenvalue weighted by atomic mass is 10.1. The summed E-state index contributed by atoms with van der Waals surface area (Å²) in [6, 6.07) is 7.57. The van der Waals surface area contributed by atoms with Crippen LogP contribution >= 0.6 is 34.8 Å². The van der Waals surface area contributed by atoms with Crippen LogP contribution in [0.5, 0.6) is 5.75 Å². The topological polar surface area (TPSA) is 21.3 Å². The number of nitrogens with one attached hydrogen (secondary N) is 1. The Hall–Kier alpha value is -1.09. The summed E-state index contributed by atoms with van der Waals surface area (Å²) in [5, 5.41) is 5.36. The van der Waals surface area contributed by atoms with E-state index in [1.54, 1.807) is 0 Å². The molecule has 3 rings (SSSR count). The molecule has 2 aromatic rings. The molecule has 1 heterocycles. The van der Waals surface area contributed by atoms with Gasteiger partial charge in [0.1, 0.15) is 5.75 Å². The van der Waals surface area contributed by atoms with E-state index in [9.17, 15) is 0 Å². The fourth-order valence-corrected chi connectivity index (χ4v) is 3.16. The average molecular weight is 343 g/mol. The maximum absolute atomic E-state index is 6.24. The van der Waals surface area contributed by atoms with E-state index in [-0.39, 0.29) is 0 Å². The highest BCUT2D eigenvalue weighted by Gasteiger charge is 2.17. The second-order valence-electron chi connectivity index (χ2n) is 5.09. The van der Waals surface area contributed by atoms with E-state index < -0.39 is 0 Å². The number of halogens is 3. The van der Waals surface area contributed by atoms with Crippen molar-refractivity contribution in [2.45, 2.75) is 19.9 Å². The van der Waals surface area contributed by atoms with Crippen molar-refractivity contribution >= 4 is 40.5 Å². The number of rotatable bonds is 3. The number of ether oxygens (including phenoxy) is 1. The van der Waals surface area contributed by atoms with Gasteiger partial charge in [-0.2, -0.15) is 0 Å². The SMILES string of the molecule is Cc1cc(Cl)c(NCc2cc(Cl)cc3c2OCC3)cc1Cl. The molecule has 0 saturated heterocycles. The van der Waals surface area contributed by atoms with Crippen molar-refractivity contribution in [3.05, 3.63) is 56.0 Å². The van der Waals surface area contributed by atoms with Crippen LogP contribution in [0.2, 0.25) is 15.1 Å². The van der Waals surface area contributed by atoms with Gasteiger partial charge in [0, 0.05) is 28.6 Å². The highest BCUT2D eigenvalue weighted by atomic mass is 35.5. The normalized spacial score (nSPS) is 13.0. The molecule has 0 atom stereocenters. The molecule has 1 aliphatic heterocycles. The first-order valence-corrected chi connectivity index (χ1v) is 7.81. The van der Waals surface area contributed by atoms with Crippen molar-refractivity contribution in [3.63, 3.8) is 0 Å². The fourth-order valence-electron chi connectivity index (χ4n) is 2.45. The molecule has 0 aromatic heterocycles. The van der Waals surface area contributed by atoms with Crippen molar-refractivity contribution in [1.29, 1.82) is 0 Å². The Morgan fingerprint density at radius 3 is 2.71 bits per heavy atom. The van der Waals surface area contributed by atoms with E-state index in [0.717, 1.165) is 39.6 Å². The van der Waals surface area contributed by atoms with E-state index in [1.165, 1.54) is 0 Å². The van der Waals surface area contributed by atoms with Crippen LogP contribution in [0.4, 0.5) is 5.69 Å². The van der Waals surface area contributed by atoms with Gasteiger partial charge in [-0.05, 0) is 42.3 Å². The zero-order valence-electron chi connectivity index (χ0n) is 11.5. The molecule has 0 spiro atoms. The molecule has 0 amide bonds. The Bertz CT molecular complexity index is 700. The molecule has 21 heavy (non-hydrogen) atoms. The van der Waals surface area contributed by atoms with Crippen LogP contribution in [0.1, 0.15) is 16.7 Å². The maximum Gasteiger partial charge on any atom is 0.127 e. The fraction of sp³-hybridized carbons (Fsp3) is 0.250. The third-order valence-corrected chi connectivity index (χ3v) is 4.48. The van der Waals surface area contributed by atoms with E-state index >= 15 is 0 Å². The first-order chi connectivity index (χ1) is 10.0. The predicted octanol–water partition coefficient (Wildman–Crippen LogP) is 5.50. The molecule has 1 aliphatic rings. The molecular formula is C16H14Cl3NO. The van der Waals surface area contributed by atoms with Crippen LogP contribution in [0.15, 0.2) is 24.3 Å². The number of anilines is 1. The summed E-state index contributed by atoms with van der Waals surface area (Å²) in [5.41, 5.74) is 3.95. The van der Waals surface area contributed by atoms with Crippen molar-refractivity contribution in [2.75, 3.05) is 11.9 Å². The largest absolute Gasteiger partial charge is 0.493 e. The predicted molar refractivity (Wildman–Crippen MR) is 89.2 cm³/mol. The minimum absolute atomic E-state index is 0.585. The van der Waals surface area contributed by atoms with E-state index in [2.05, 4.69) is 5.32 Å². The van der Waals surface area contributed by atoms with Crippen molar-refractivity contribution in [1.82, 2.24) is 0 Å². The average Bonchev–Trinajstić information content (AvgIpc) is 2.89. The smallest absolute Gasteiger partial charge is 0.127 e. The summed E-state index contributed by atoms with van der Waals surface area (Å²) in [5.74, 6) is 0.932. The third kappa shape index (κ3) is 3.08. The van der Waals surface area contributed by atoms with Crippen LogP contribution in [0.25, 0.3) is 0 Å². The minimum atomic E-state index is 0.585. The molecule has 2 nitrogen and oxygen atoms in total. The van der Waals surface area contributed by atoms with Gasteiger partial charge in [0.05, 0.1) is 17.3 Å². The zero-order chi connectivity index (χ0) is 15.0. The molecule has 1 N–H and O–H groups in total. The van der Waals surface area contributed by atoms with Gasteiger partial charge in [0.25, 0.3) is 0 Å². The highest BCUT2D eigenvalue weighted by Crippen LogP contribution is 2.34. The van der Waals surface area contributed by atoms with Crippen LogP contribution in [0, 0.1) is 6.92 Å². The Balaban J connectivity index is 1.84. The van der Waals surface area contributed by atoms with Gasteiger partial charge in [-0.3, -0.25) is 0 Å². The Morgan fingerprint density at radius 1 is 1.10 bits per heavy atom. The van der Waals surface area contributed by atoms with Crippen LogP contribution in [-0.4, -0.2) is 6.61 Å². The molecule has 0 saturated carbocycles. The van der Waals surface area contributed by atoms with Gasteiger partial charge in [0.2, 0.25) is 0 Å². The number of aryl methyl sites for hydroxylation is 1. The number of fused-ring (bicyclic) bond motifs is 1. The van der Waals surface area contributed by atoms with Gasteiger partial charge in [-0.1, -0.05) is 34.8 Å². The zero-order valence-corrected chi connectivity index (χ0v) is 13.7. The lowest BCUT2D eigenvalue weighted by Crippen LogP contribution is -2.02. The molecule has 5 heteroatoms. The Morgan fingerprint density at radius 2 is 1.90 bits per heavy atom. The second-order valence-corrected chi connectivity index (χ2v) is 6.34. The van der Waals surface area contributed by atoms with Gasteiger partial charge in [-0.25, -0.2) is 0 Å². The standard InChI is InChI=1S/C16H14Cl3NO/c1-9-4-14(19)15(7-13(9)18)20-8-11-6-12(17)5-10-2-3-21-16(10)11/h4-7,20H,2-3,8H2,1H3. The lowest BCUT2D eigenvalue weighted by Gasteiger charge is -2.13. The number of hydrogen-bond acceptors (Lipinski definition) is 2. The number of benzene rings is 2. The van der Waals surface area contributed by atoms with Crippen molar-refractivity contribution in [3.8, 4) is 5.75 Å².